The van der Waals surface area contributed by atoms with Crippen LogP contribution >= 0.6 is 8.53 Å². The van der Waals surface area contributed by atoms with Gasteiger partial charge in [0.2, 0.25) is 0 Å². The summed E-state index contributed by atoms with van der Waals surface area (Å²) in [4.78, 5) is 52.4. The van der Waals surface area contributed by atoms with Gasteiger partial charge in [0.05, 0.1) is 48.0 Å². The van der Waals surface area contributed by atoms with E-state index in [1.165, 1.54) is 0 Å². The van der Waals surface area contributed by atoms with Gasteiger partial charge in [-0.2, -0.15) is 5.26 Å². The van der Waals surface area contributed by atoms with E-state index in [9.17, 15) is 19.2 Å². The first kappa shape index (κ1) is 47.2. The topological polar surface area (TPSA) is 163 Å². The highest BCUT2D eigenvalue weighted by atomic mass is 31.2. The van der Waals surface area contributed by atoms with E-state index in [1.807, 2.05) is 0 Å². The molecule has 3 aromatic carbocycles. The van der Waals surface area contributed by atoms with Crippen molar-refractivity contribution in [3.63, 3.8) is 0 Å². The summed E-state index contributed by atoms with van der Waals surface area (Å²) in [6.45, 7) is 20.4. The molecule has 2 aliphatic rings. The SMILES string of the molecule is CC(C)N(C(C)C)P(OCCC#N)OCCCCCCNC(=O)c1ccc2c(c1)C(C1c3ccc(OC(=O)C(C)(C)C)cc3Oc3cc(OC(=O)C(C)(C)C)ccc31)OC2=O. The van der Waals surface area contributed by atoms with Gasteiger partial charge in [-0.05, 0) is 112 Å². The van der Waals surface area contributed by atoms with Gasteiger partial charge in [-0.15, -0.1) is 0 Å². The summed E-state index contributed by atoms with van der Waals surface area (Å²) in [5.74, 6) is -0.914. The second-order valence-electron chi connectivity index (χ2n) is 17.9. The number of hydrogen-bond acceptors (Lipinski definition) is 12. The minimum absolute atomic E-state index is 0.236. The summed E-state index contributed by atoms with van der Waals surface area (Å²) in [5, 5.41) is 12.0. The molecule has 0 aromatic heterocycles. The Labute approximate surface area is 361 Å². The van der Waals surface area contributed by atoms with Crippen LogP contribution in [0.25, 0.3) is 0 Å². The molecule has 0 spiro atoms. The lowest BCUT2D eigenvalue weighted by Crippen LogP contribution is -2.33. The molecular formula is C47H60N3O10P. The number of nitriles is 1. The number of esters is 3. The minimum Gasteiger partial charge on any atom is -0.456 e. The number of benzene rings is 3. The van der Waals surface area contributed by atoms with Crippen LogP contribution in [0.15, 0.2) is 54.6 Å². The number of nitrogens with zero attached hydrogens (tertiary/aromatic N) is 2. The molecule has 14 heteroatoms. The van der Waals surface area contributed by atoms with E-state index in [2.05, 4.69) is 43.8 Å². The Bertz CT molecular complexity index is 2030. The molecule has 0 saturated heterocycles. The summed E-state index contributed by atoms with van der Waals surface area (Å²) in [5.41, 5.74) is 1.16. The van der Waals surface area contributed by atoms with Gasteiger partial charge in [0.25, 0.3) is 14.4 Å². The van der Waals surface area contributed by atoms with E-state index >= 15 is 0 Å². The van der Waals surface area contributed by atoms with Crippen LogP contribution in [0, 0.1) is 22.2 Å². The number of amides is 1. The number of carbonyl (C=O) groups is 4. The number of rotatable bonds is 18. The largest absolute Gasteiger partial charge is 0.456 e. The zero-order valence-electron chi connectivity index (χ0n) is 37.1. The summed E-state index contributed by atoms with van der Waals surface area (Å²) in [7, 11) is -1.27. The maximum atomic E-state index is 13.5. The molecule has 61 heavy (non-hydrogen) atoms. The number of ether oxygens (including phenoxy) is 4. The third-order valence-electron chi connectivity index (χ3n) is 10.1. The molecule has 13 nitrogen and oxygen atoms in total. The van der Waals surface area contributed by atoms with Crippen molar-refractivity contribution in [2.24, 2.45) is 10.8 Å². The number of carbonyl (C=O) groups excluding carboxylic acids is 4. The fourth-order valence-corrected chi connectivity index (χ4v) is 8.56. The summed E-state index contributed by atoms with van der Waals surface area (Å²) in [6, 6.07) is 17.7. The lowest BCUT2D eigenvalue weighted by atomic mass is 9.80. The zero-order valence-corrected chi connectivity index (χ0v) is 38.0. The Morgan fingerprint density at radius 1 is 0.770 bits per heavy atom. The van der Waals surface area contributed by atoms with Gasteiger partial charge < -0.3 is 33.3 Å². The monoisotopic (exact) mass is 857 g/mol. The van der Waals surface area contributed by atoms with Crippen molar-refractivity contribution in [2.75, 3.05) is 19.8 Å². The third kappa shape index (κ3) is 12.0. The lowest BCUT2D eigenvalue weighted by Gasteiger charge is -2.35. The minimum atomic E-state index is -1.27. The Morgan fingerprint density at radius 2 is 1.33 bits per heavy atom. The van der Waals surface area contributed by atoms with E-state index in [1.54, 1.807) is 96.1 Å². The maximum Gasteiger partial charge on any atom is 0.339 e. The predicted octanol–water partition coefficient (Wildman–Crippen LogP) is 10.3. The van der Waals surface area contributed by atoms with Crippen molar-refractivity contribution < 1.29 is 47.2 Å². The van der Waals surface area contributed by atoms with Gasteiger partial charge >= 0.3 is 17.9 Å². The molecule has 0 fully saturated rings. The zero-order chi connectivity index (χ0) is 44.6. The molecule has 2 atom stereocenters. The average molecular weight is 858 g/mol. The third-order valence-corrected chi connectivity index (χ3v) is 12.2. The van der Waals surface area contributed by atoms with Crippen LogP contribution < -0.4 is 19.5 Å². The van der Waals surface area contributed by atoms with Crippen molar-refractivity contribution in [3.8, 4) is 29.1 Å². The molecule has 2 aliphatic heterocycles. The van der Waals surface area contributed by atoms with Crippen LogP contribution in [0.2, 0.25) is 0 Å². The number of nitrogens with one attached hydrogen (secondary N) is 1. The smallest absolute Gasteiger partial charge is 0.339 e. The van der Waals surface area contributed by atoms with Crippen molar-refractivity contribution in [1.82, 2.24) is 9.99 Å². The Kier molecular flexibility index (Phi) is 15.7. The Morgan fingerprint density at radius 3 is 1.87 bits per heavy atom. The van der Waals surface area contributed by atoms with Crippen molar-refractivity contribution in [2.45, 2.75) is 125 Å². The van der Waals surface area contributed by atoms with Crippen LogP contribution in [-0.2, 0) is 23.4 Å². The lowest BCUT2D eigenvalue weighted by molar-refractivity contribution is -0.143. The van der Waals surface area contributed by atoms with Gasteiger partial charge in [-0.3, -0.25) is 14.4 Å². The molecule has 2 unspecified atom stereocenters. The standard InChI is InChI=1S/C47H60N3O10P/c1-29(2)50(30(3)4)61(56-25-15-22-48)55-24-14-12-11-13-23-49-42(51)31-16-19-34-37(26-31)41(60-43(34)52)40-35-20-17-32(57-44(53)46(5,6)7)27-38(35)59-39-28-33(18-21-36(39)40)58-45(54)47(8,9)10/h16-21,26-30,40-41H,11-15,23-25H2,1-10H3,(H,49,51). The highest BCUT2D eigenvalue weighted by molar-refractivity contribution is 7.44. The van der Waals surface area contributed by atoms with E-state index in [0.717, 1.165) is 25.7 Å². The summed E-state index contributed by atoms with van der Waals surface area (Å²) < 4.78 is 38.2. The molecule has 0 aliphatic carbocycles. The van der Waals surface area contributed by atoms with Crippen LogP contribution in [0.1, 0.15) is 151 Å². The second kappa shape index (κ2) is 20.3. The van der Waals surface area contributed by atoms with Crippen molar-refractivity contribution >= 4 is 32.3 Å². The summed E-state index contributed by atoms with van der Waals surface area (Å²) in [6.07, 6.45) is 2.89. The first-order valence-electron chi connectivity index (χ1n) is 21.0. The number of cyclic esters (lactones) is 1. The van der Waals surface area contributed by atoms with Crippen molar-refractivity contribution in [1.29, 1.82) is 5.26 Å². The number of unbranched alkanes of at least 4 members (excludes halogenated alkanes) is 3. The van der Waals surface area contributed by atoms with Crippen LogP contribution in [-0.4, -0.2) is 60.3 Å². The van der Waals surface area contributed by atoms with Gasteiger partial charge in [-0.1, -0.05) is 25.0 Å². The number of hydrogen-bond donors (Lipinski definition) is 1. The highest BCUT2D eigenvalue weighted by Gasteiger charge is 2.43. The summed E-state index contributed by atoms with van der Waals surface area (Å²) >= 11 is 0. The van der Waals surface area contributed by atoms with Crippen LogP contribution in [0.5, 0.6) is 23.0 Å². The van der Waals surface area contributed by atoms with Crippen molar-refractivity contribution in [3.05, 3.63) is 82.4 Å². The molecule has 2 heterocycles. The second-order valence-corrected chi connectivity index (χ2v) is 19.4. The van der Waals surface area contributed by atoms with Gasteiger partial charge in [0, 0.05) is 53.0 Å². The normalized spacial score (nSPS) is 15.3. The molecule has 0 bridgehead atoms. The molecule has 0 radical (unpaired) electrons. The molecule has 1 N–H and O–H groups in total. The quantitative estimate of drug-likeness (QED) is 0.0558. The van der Waals surface area contributed by atoms with E-state index < -0.39 is 49.3 Å². The highest BCUT2D eigenvalue weighted by Crippen LogP contribution is 2.54. The Balaban J connectivity index is 1.28. The molecular weight excluding hydrogens is 798 g/mol. The average Bonchev–Trinajstić information content (AvgIpc) is 3.51. The molecule has 0 saturated carbocycles. The van der Waals surface area contributed by atoms with Crippen LogP contribution in [0.4, 0.5) is 0 Å². The fraction of sp³-hybridized carbons (Fsp3) is 0.511. The van der Waals surface area contributed by atoms with Gasteiger partial charge in [0.15, 0.2) is 0 Å². The first-order valence-corrected chi connectivity index (χ1v) is 22.2. The molecule has 328 valence electrons. The molecule has 3 aromatic rings. The van der Waals surface area contributed by atoms with Gasteiger partial charge in [0.1, 0.15) is 29.1 Å². The first-order chi connectivity index (χ1) is 28.8. The maximum absolute atomic E-state index is 13.5. The molecule has 1 amide bonds. The Hall–Kier alpha value is -4.86. The number of fused-ring (bicyclic) bond motifs is 3. The predicted molar refractivity (Wildman–Crippen MR) is 232 cm³/mol. The fourth-order valence-electron chi connectivity index (χ4n) is 6.94. The van der Waals surface area contributed by atoms with Gasteiger partial charge in [-0.25, -0.2) is 9.46 Å². The van der Waals surface area contributed by atoms with E-state index in [0.29, 0.717) is 65.5 Å². The van der Waals surface area contributed by atoms with E-state index in [-0.39, 0.29) is 29.5 Å². The molecule has 5 rings (SSSR count). The van der Waals surface area contributed by atoms with E-state index in [4.69, 9.17) is 33.3 Å². The van der Waals surface area contributed by atoms with Crippen LogP contribution in [0.3, 0.4) is 0 Å².